The number of rotatable bonds is 7. The first-order valence-corrected chi connectivity index (χ1v) is 17.5. The lowest BCUT2D eigenvalue weighted by atomic mass is 9.88. The first kappa shape index (κ1) is 33.0. The van der Waals surface area contributed by atoms with Gasteiger partial charge in [0.1, 0.15) is 23.2 Å². The Labute approximate surface area is 290 Å². The second-order valence-corrected chi connectivity index (χ2v) is 15.6. The molecule has 10 nitrogen and oxygen atoms in total. The standard InChI is InChI=1S/C33H31ClF5N7O3Si/c1-31(19-3-2-18(34)12-21(19)36)48-25-5-4-20(35)27(28(25)49-31)17-6-9-45(10-7-17)15-26-41-22-13-23(29-42-30(44-43-29)33(37,38)39)40-14-24(22)46(26)16-32(50)8-11-47-32/h2-5,12-14,17H,6-11,15-16H2,1,50H3,(H,42,43,44)/t31?,32-/m1/s1. The molecule has 262 valence electrons. The third-order valence-electron chi connectivity index (χ3n) is 9.78. The summed E-state index contributed by atoms with van der Waals surface area (Å²) in [7, 11) is 0.798. The molecule has 17 heteroatoms. The molecular formula is C33H31ClF5N7O3Si. The van der Waals surface area contributed by atoms with E-state index in [0.717, 1.165) is 28.0 Å². The third-order valence-corrected chi connectivity index (χ3v) is 11.1. The first-order valence-electron chi connectivity index (χ1n) is 16.2. The van der Waals surface area contributed by atoms with Crippen molar-refractivity contribution >= 4 is 32.9 Å². The molecule has 2 fully saturated rings. The van der Waals surface area contributed by atoms with Gasteiger partial charge in [0.15, 0.2) is 17.3 Å². The molecule has 2 atom stereocenters. The Morgan fingerprint density at radius 3 is 2.52 bits per heavy atom. The van der Waals surface area contributed by atoms with Crippen LogP contribution in [0.1, 0.15) is 54.9 Å². The first-order chi connectivity index (χ1) is 23.8. The molecule has 0 saturated carbocycles. The lowest BCUT2D eigenvalue weighted by Crippen LogP contribution is -2.48. The van der Waals surface area contributed by atoms with Crippen LogP contribution in [-0.2, 0) is 29.8 Å². The van der Waals surface area contributed by atoms with E-state index in [4.69, 9.17) is 30.8 Å². The number of fused-ring (bicyclic) bond motifs is 2. The van der Waals surface area contributed by atoms with E-state index in [1.54, 1.807) is 25.3 Å². The molecular weight excluding hydrogens is 701 g/mol. The number of ether oxygens (including phenoxy) is 3. The van der Waals surface area contributed by atoms with E-state index in [2.05, 4.69) is 29.6 Å². The third kappa shape index (κ3) is 5.91. The van der Waals surface area contributed by atoms with Gasteiger partial charge in [-0.3, -0.25) is 9.88 Å². The summed E-state index contributed by atoms with van der Waals surface area (Å²) in [6.45, 7) is 4.61. The zero-order chi connectivity index (χ0) is 35.0. The maximum atomic E-state index is 15.5. The molecule has 0 bridgehead atoms. The maximum Gasteiger partial charge on any atom is 0.451 e. The van der Waals surface area contributed by atoms with Gasteiger partial charge in [0.2, 0.25) is 5.82 Å². The highest BCUT2D eigenvalue weighted by atomic mass is 35.5. The van der Waals surface area contributed by atoms with Crippen molar-refractivity contribution in [1.82, 2.24) is 34.6 Å². The normalized spacial score (nSPS) is 22.8. The summed E-state index contributed by atoms with van der Waals surface area (Å²) in [4.78, 5) is 13.7. The highest BCUT2D eigenvalue weighted by Crippen LogP contribution is 2.51. The summed E-state index contributed by atoms with van der Waals surface area (Å²) in [6, 6.07) is 8.69. The summed E-state index contributed by atoms with van der Waals surface area (Å²) < 4.78 is 90.1. The van der Waals surface area contributed by atoms with Gasteiger partial charge in [-0.1, -0.05) is 11.6 Å². The molecule has 6 heterocycles. The second kappa shape index (κ2) is 12.0. The quantitative estimate of drug-likeness (QED) is 0.169. The van der Waals surface area contributed by atoms with Crippen molar-refractivity contribution in [2.24, 2.45) is 0 Å². The van der Waals surface area contributed by atoms with E-state index >= 15 is 4.39 Å². The fraction of sp³-hybridized carbons (Fsp3) is 0.394. The number of pyridine rings is 1. The number of likely N-dealkylation sites (tertiary alicyclic amines) is 1. The summed E-state index contributed by atoms with van der Waals surface area (Å²) >= 11 is 5.95. The monoisotopic (exact) mass is 731 g/mol. The SMILES string of the molecule is CC1(c2ccc(Cl)cc2F)Oc2ccc(F)c(C3CCN(Cc4nc5cc(-c6nnc(C(F)(F)F)[nH]6)ncc5n4C[C@]4([SiH3])CCO4)CC3)c2O1. The van der Waals surface area contributed by atoms with Gasteiger partial charge in [-0.15, -0.1) is 10.2 Å². The van der Waals surface area contributed by atoms with Crippen LogP contribution in [0, 0.1) is 11.6 Å². The Hall–Kier alpha value is -4.12. The van der Waals surface area contributed by atoms with Gasteiger partial charge in [0.05, 0.1) is 34.6 Å². The highest BCUT2D eigenvalue weighted by Gasteiger charge is 2.44. The second-order valence-electron chi connectivity index (χ2n) is 13.4. The Morgan fingerprint density at radius 1 is 1.06 bits per heavy atom. The van der Waals surface area contributed by atoms with Crippen LogP contribution in [0.4, 0.5) is 22.0 Å². The number of H-pyrrole nitrogens is 1. The van der Waals surface area contributed by atoms with Crippen molar-refractivity contribution in [3.8, 4) is 23.0 Å². The fourth-order valence-electron chi connectivity index (χ4n) is 7.01. The molecule has 0 amide bonds. The maximum absolute atomic E-state index is 15.5. The molecule has 50 heavy (non-hydrogen) atoms. The molecule has 0 spiro atoms. The molecule has 8 rings (SSSR count). The lowest BCUT2D eigenvalue weighted by molar-refractivity contribution is -0.144. The fourth-order valence-corrected chi connectivity index (χ4v) is 7.89. The zero-order valence-electron chi connectivity index (χ0n) is 27.0. The van der Waals surface area contributed by atoms with Crippen LogP contribution in [0.2, 0.25) is 5.02 Å². The van der Waals surface area contributed by atoms with Crippen LogP contribution in [0.25, 0.3) is 22.6 Å². The van der Waals surface area contributed by atoms with Crippen molar-refractivity contribution in [2.75, 3.05) is 19.7 Å². The van der Waals surface area contributed by atoms with Crippen LogP contribution in [0.5, 0.6) is 11.5 Å². The number of alkyl halides is 3. The van der Waals surface area contributed by atoms with Crippen molar-refractivity contribution in [1.29, 1.82) is 0 Å². The van der Waals surface area contributed by atoms with Crippen molar-refractivity contribution < 1.29 is 36.2 Å². The van der Waals surface area contributed by atoms with Gasteiger partial charge in [-0.05, 0) is 74.7 Å². The number of nitrogens with zero attached hydrogens (tertiary/aromatic N) is 6. The molecule has 5 aromatic rings. The van der Waals surface area contributed by atoms with E-state index in [0.29, 0.717) is 62.5 Å². The summed E-state index contributed by atoms with van der Waals surface area (Å²) in [6.07, 6.45) is -0.900. The van der Waals surface area contributed by atoms with Crippen LogP contribution < -0.4 is 9.47 Å². The molecule has 3 aliphatic heterocycles. The number of imidazole rings is 1. The average molecular weight is 732 g/mol. The Balaban J connectivity index is 1.02. The molecule has 1 N–H and O–H groups in total. The number of hydrogen-bond acceptors (Lipinski definition) is 8. The van der Waals surface area contributed by atoms with Gasteiger partial charge < -0.3 is 23.8 Å². The molecule has 2 saturated heterocycles. The lowest BCUT2D eigenvalue weighted by Gasteiger charge is -2.40. The molecule has 3 aromatic heterocycles. The van der Waals surface area contributed by atoms with Gasteiger partial charge in [0.25, 0.3) is 5.79 Å². The van der Waals surface area contributed by atoms with E-state index in [1.807, 2.05) is 0 Å². The minimum Gasteiger partial charge on any atom is -0.444 e. The molecule has 1 unspecified atom stereocenters. The van der Waals surface area contributed by atoms with Crippen LogP contribution >= 0.6 is 11.6 Å². The summed E-state index contributed by atoms with van der Waals surface area (Å²) in [5.41, 5.74) is 2.05. The van der Waals surface area contributed by atoms with E-state index < -0.39 is 29.4 Å². The smallest absolute Gasteiger partial charge is 0.444 e. The number of benzene rings is 2. The topological polar surface area (TPSA) is 103 Å². The molecule has 2 aromatic carbocycles. The predicted molar refractivity (Wildman–Crippen MR) is 175 cm³/mol. The van der Waals surface area contributed by atoms with Gasteiger partial charge in [-0.2, -0.15) is 13.2 Å². The van der Waals surface area contributed by atoms with E-state index in [1.165, 1.54) is 24.3 Å². The largest absolute Gasteiger partial charge is 0.451 e. The molecule has 3 aliphatic rings. The number of piperidine rings is 1. The minimum atomic E-state index is -4.66. The summed E-state index contributed by atoms with van der Waals surface area (Å²) in [5.74, 6) is -2.59. The van der Waals surface area contributed by atoms with Gasteiger partial charge in [0, 0.05) is 40.9 Å². The minimum absolute atomic E-state index is 0.105. The highest BCUT2D eigenvalue weighted by molar-refractivity contribution is 6.30. The summed E-state index contributed by atoms with van der Waals surface area (Å²) in [5, 5.41) is 6.85. The number of aromatic amines is 1. The van der Waals surface area contributed by atoms with Gasteiger partial charge >= 0.3 is 6.18 Å². The van der Waals surface area contributed by atoms with Crippen LogP contribution in [0.15, 0.2) is 42.6 Å². The Morgan fingerprint density at radius 2 is 1.84 bits per heavy atom. The van der Waals surface area contributed by atoms with Crippen molar-refractivity contribution in [3.05, 3.63) is 82.0 Å². The van der Waals surface area contributed by atoms with E-state index in [9.17, 15) is 17.6 Å². The van der Waals surface area contributed by atoms with Crippen LogP contribution in [0.3, 0.4) is 0 Å². The molecule has 0 aliphatic carbocycles. The number of hydrogen-bond donors (Lipinski definition) is 1. The Kier molecular flexibility index (Phi) is 7.93. The van der Waals surface area contributed by atoms with E-state index in [-0.39, 0.29) is 39.0 Å². The van der Waals surface area contributed by atoms with Crippen molar-refractivity contribution in [2.45, 2.75) is 62.4 Å². The number of nitrogens with one attached hydrogen (secondary N) is 1. The number of aromatic nitrogens is 6. The van der Waals surface area contributed by atoms with Crippen LogP contribution in [-0.4, -0.2) is 69.8 Å². The molecule has 0 radical (unpaired) electrons. The predicted octanol–water partition coefficient (Wildman–Crippen LogP) is 5.67. The average Bonchev–Trinajstić information content (AvgIpc) is 3.77. The van der Waals surface area contributed by atoms with Crippen molar-refractivity contribution in [3.63, 3.8) is 0 Å². The number of halogens is 6. The van der Waals surface area contributed by atoms with Gasteiger partial charge in [-0.25, -0.2) is 13.8 Å². The zero-order valence-corrected chi connectivity index (χ0v) is 29.7. The Bertz CT molecular complexity index is 2120.